The predicted octanol–water partition coefficient (Wildman–Crippen LogP) is 4.76. The maximum Gasteiger partial charge on any atom is 0.414 e. The average Bonchev–Trinajstić information content (AvgIpc) is 3.24. The number of carbonyl (C=O) groups excluding carboxylic acids is 2. The first-order valence-corrected chi connectivity index (χ1v) is 13.9. The molecule has 0 radical (unpaired) electrons. The van der Waals surface area contributed by atoms with E-state index in [0.717, 1.165) is 27.8 Å². The third-order valence-electron chi connectivity index (χ3n) is 6.50. The van der Waals surface area contributed by atoms with Gasteiger partial charge in [0.25, 0.3) is 7.37 Å². The number of ether oxygens (including phenoxy) is 1. The minimum Gasteiger partial charge on any atom is -0.443 e. The number of fused-ring (bicyclic) bond motifs is 1. The second-order valence-corrected chi connectivity index (χ2v) is 11.9. The summed E-state index contributed by atoms with van der Waals surface area (Å²) >= 11 is 0. The molecule has 0 saturated carbocycles. The normalized spacial score (nSPS) is 19.1. The van der Waals surface area contributed by atoms with Crippen molar-refractivity contribution < 1.29 is 32.2 Å². The fourth-order valence-electron chi connectivity index (χ4n) is 4.61. The van der Waals surface area contributed by atoms with Crippen LogP contribution in [0.5, 0.6) is 5.75 Å². The topological polar surface area (TPSA) is 88.2 Å². The smallest absolute Gasteiger partial charge is 0.414 e. The maximum absolute atomic E-state index is 15.1. The van der Waals surface area contributed by atoms with Crippen molar-refractivity contribution in [2.24, 2.45) is 0 Å². The number of anilines is 2. The number of amides is 2. The molecule has 1 atom stereocenters. The largest absolute Gasteiger partial charge is 0.443 e. The summed E-state index contributed by atoms with van der Waals surface area (Å²) in [5, 5.41) is 4.57. The molecule has 11 heteroatoms. The SMILES string of the molecule is CC(=O)NCC1CN(c2cc(F)c(N3CCP(=O)(Oc4ccc5ccccc5c4)CC3)c(F)c2)C(=O)O1. The standard InChI is InChI=1S/C26H26F2N3O5P/c1-17(32)29-15-22-16-31(26(33)35-22)20-13-23(27)25(24(28)14-20)30-8-10-37(34,11-9-30)36-21-7-6-18-4-2-3-5-19(18)12-21/h2-7,12-14,22H,8-11,15-16H2,1H3,(H,29,32). The van der Waals surface area contributed by atoms with Gasteiger partial charge in [-0.25, -0.2) is 13.6 Å². The van der Waals surface area contributed by atoms with Gasteiger partial charge in [-0.1, -0.05) is 30.3 Å². The van der Waals surface area contributed by atoms with Gasteiger partial charge in [0.15, 0.2) is 11.6 Å². The highest BCUT2D eigenvalue weighted by molar-refractivity contribution is 7.59. The number of benzene rings is 3. The first-order chi connectivity index (χ1) is 17.7. The molecule has 1 unspecified atom stereocenters. The van der Waals surface area contributed by atoms with Crippen LogP contribution in [0.4, 0.5) is 25.0 Å². The molecule has 0 aliphatic carbocycles. The molecule has 37 heavy (non-hydrogen) atoms. The van der Waals surface area contributed by atoms with Crippen LogP contribution in [0.2, 0.25) is 0 Å². The minimum absolute atomic E-state index is 0.0244. The number of cyclic esters (lactones) is 1. The van der Waals surface area contributed by atoms with Crippen molar-refractivity contribution in [2.75, 3.05) is 48.3 Å². The fourth-order valence-corrected chi connectivity index (χ4v) is 6.60. The summed E-state index contributed by atoms with van der Waals surface area (Å²) in [7, 11) is -3.04. The quantitative estimate of drug-likeness (QED) is 0.464. The lowest BCUT2D eigenvalue weighted by Gasteiger charge is -2.34. The number of hydrogen-bond donors (Lipinski definition) is 1. The molecule has 0 aromatic heterocycles. The van der Waals surface area contributed by atoms with Gasteiger partial charge in [-0.2, -0.15) is 0 Å². The summed E-state index contributed by atoms with van der Waals surface area (Å²) in [6.45, 7) is 1.81. The summed E-state index contributed by atoms with van der Waals surface area (Å²) in [4.78, 5) is 26.0. The van der Waals surface area contributed by atoms with Crippen molar-refractivity contribution >= 4 is 41.5 Å². The molecule has 2 amide bonds. The molecule has 0 spiro atoms. The van der Waals surface area contributed by atoms with E-state index in [4.69, 9.17) is 9.26 Å². The molecule has 5 rings (SSSR count). The Hall–Kier alpha value is -3.65. The number of nitrogens with one attached hydrogen (secondary N) is 1. The Morgan fingerprint density at radius 2 is 1.76 bits per heavy atom. The van der Waals surface area contributed by atoms with Gasteiger partial charge < -0.3 is 19.5 Å². The van der Waals surface area contributed by atoms with E-state index in [1.54, 1.807) is 6.07 Å². The molecule has 1 N–H and O–H groups in total. The van der Waals surface area contributed by atoms with E-state index in [1.165, 1.54) is 11.8 Å². The highest BCUT2D eigenvalue weighted by Crippen LogP contribution is 2.50. The van der Waals surface area contributed by atoms with Gasteiger partial charge in [-0.15, -0.1) is 0 Å². The number of nitrogens with zero attached hydrogens (tertiary/aromatic N) is 2. The van der Waals surface area contributed by atoms with E-state index in [-0.39, 0.29) is 55.8 Å². The van der Waals surface area contributed by atoms with Crippen LogP contribution in [0.1, 0.15) is 6.92 Å². The summed E-state index contributed by atoms with van der Waals surface area (Å²) in [6.07, 6.45) is -1.08. The highest BCUT2D eigenvalue weighted by atomic mass is 31.2. The highest BCUT2D eigenvalue weighted by Gasteiger charge is 2.36. The molecular weight excluding hydrogens is 503 g/mol. The molecule has 3 aromatic carbocycles. The van der Waals surface area contributed by atoms with Crippen LogP contribution < -0.4 is 19.6 Å². The molecule has 0 bridgehead atoms. The van der Waals surface area contributed by atoms with E-state index in [1.807, 2.05) is 36.4 Å². The van der Waals surface area contributed by atoms with Crippen LogP contribution >= 0.6 is 7.37 Å². The van der Waals surface area contributed by atoms with Crippen LogP contribution in [-0.4, -0.2) is 56.6 Å². The van der Waals surface area contributed by atoms with Crippen molar-refractivity contribution in [3.8, 4) is 5.75 Å². The van der Waals surface area contributed by atoms with Crippen LogP contribution in [0.25, 0.3) is 10.8 Å². The average molecular weight is 529 g/mol. The minimum atomic E-state index is -3.04. The maximum atomic E-state index is 15.1. The zero-order valence-electron chi connectivity index (χ0n) is 20.2. The Balaban J connectivity index is 1.25. The zero-order chi connectivity index (χ0) is 26.2. The third-order valence-corrected chi connectivity index (χ3v) is 8.80. The Kier molecular flexibility index (Phi) is 6.77. The van der Waals surface area contributed by atoms with Crippen molar-refractivity contribution in [1.29, 1.82) is 0 Å². The molecular formula is C26H26F2N3O5P. The van der Waals surface area contributed by atoms with E-state index in [9.17, 15) is 14.2 Å². The molecule has 2 aliphatic heterocycles. The zero-order valence-corrected chi connectivity index (χ0v) is 21.0. The van der Waals surface area contributed by atoms with Gasteiger partial charge in [-0.3, -0.25) is 14.3 Å². The van der Waals surface area contributed by atoms with Crippen LogP contribution in [0.3, 0.4) is 0 Å². The lowest BCUT2D eigenvalue weighted by atomic mass is 10.1. The Labute approximate surface area is 212 Å². The number of halogens is 2. The van der Waals surface area contributed by atoms with E-state index >= 15 is 8.78 Å². The van der Waals surface area contributed by atoms with Gasteiger partial charge >= 0.3 is 6.09 Å². The second kappa shape index (κ2) is 10.0. The molecule has 194 valence electrons. The number of hydrogen-bond acceptors (Lipinski definition) is 6. The summed E-state index contributed by atoms with van der Waals surface area (Å²) in [5.41, 5.74) is -0.209. The predicted molar refractivity (Wildman–Crippen MR) is 137 cm³/mol. The molecule has 8 nitrogen and oxygen atoms in total. The van der Waals surface area contributed by atoms with Gasteiger partial charge in [0.05, 0.1) is 31.1 Å². The van der Waals surface area contributed by atoms with Gasteiger partial charge in [0.2, 0.25) is 5.91 Å². The van der Waals surface area contributed by atoms with Crippen LogP contribution in [-0.2, 0) is 14.1 Å². The monoisotopic (exact) mass is 529 g/mol. The summed E-state index contributed by atoms with van der Waals surface area (Å²) in [5.74, 6) is -1.43. The Morgan fingerprint density at radius 3 is 2.43 bits per heavy atom. The van der Waals surface area contributed by atoms with E-state index in [0.29, 0.717) is 5.75 Å². The molecule has 2 aliphatic rings. The van der Waals surface area contributed by atoms with Crippen LogP contribution in [0, 0.1) is 11.6 Å². The van der Waals surface area contributed by atoms with Gasteiger partial charge in [0.1, 0.15) is 17.5 Å². The first kappa shape index (κ1) is 25.0. The molecule has 2 saturated heterocycles. The second-order valence-electron chi connectivity index (χ2n) is 9.16. The van der Waals surface area contributed by atoms with Gasteiger partial charge in [0, 0.05) is 32.1 Å². The number of carbonyl (C=O) groups is 2. The lowest BCUT2D eigenvalue weighted by Crippen LogP contribution is -2.37. The third kappa shape index (κ3) is 5.39. The van der Waals surface area contributed by atoms with E-state index < -0.39 is 31.2 Å². The molecule has 3 aromatic rings. The Bertz CT molecular complexity index is 1380. The molecule has 2 heterocycles. The molecule has 2 fully saturated rings. The van der Waals surface area contributed by atoms with E-state index in [2.05, 4.69) is 5.32 Å². The number of rotatable bonds is 6. The van der Waals surface area contributed by atoms with Crippen molar-refractivity contribution in [2.45, 2.75) is 13.0 Å². The fraction of sp³-hybridized carbons (Fsp3) is 0.308. The van der Waals surface area contributed by atoms with Crippen LogP contribution in [0.15, 0.2) is 54.6 Å². The van der Waals surface area contributed by atoms with Crippen molar-refractivity contribution in [3.63, 3.8) is 0 Å². The first-order valence-electron chi connectivity index (χ1n) is 11.9. The summed E-state index contributed by atoms with van der Waals surface area (Å²) < 4.78 is 54.6. The lowest BCUT2D eigenvalue weighted by molar-refractivity contribution is -0.119. The van der Waals surface area contributed by atoms with Gasteiger partial charge in [-0.05, 0) is 22.9 Å². The summed E-state index contributed by atoms with van der Waals surface area (Å²) in [6, 6.07) is 15.5. The van der Waals surface area contributed by atoms with Crippen molar-refractivity contribution in [3.05, 3.63) is 66.2 Å². The van der Waals surface area contributed by atoms with Crippen molar-refractivity contribution in [1.82, 2.24) is 5.32 Å². The Morgan fingerprint density at radius 1 is 1.08 bits per heavy atom.